The molecule has 1 heterocycles. The smallest absolute Gasteiger partial charge is 0.338 e. The highest BCUT2D eigenvalue weighted by Gasteiger charge is 2.41. The minimum atomic E-state index is -3.98. The molecule has 2 aliphatic rings. The van der Waals surface area contributed by atoms with Gasteiger partial charge in [0.1, 0.15) is 16.5 Å². The normalized spacial score (nSPS) is 19.2. The van der Waals surface area contributed by atoms with Gasteiger partial charge in [-0.2, -0.15) is 4.31 Å². The zero-order valence-corrected chi connectivity index (χ0v) is 25.4. The Kier molecular flexibility index (Phi) is 9.11. The Bertz CT molecular complexity index is 1560. The topological polar surface area (TPSA) is 87.2 Å². The summed E-state index contributed by atoms with van der Waals surface area (Å²) in [6.07, 6.45) is 7.19. The van der Waals surface area contributed by atoms with Gasteiger partial charge in [0.05, 0.1) is 22.9 Å². The van der Waals surface area contributed by atoms with Crippen LogP contribution in [0.15, 0.2) is 59.5 Å². The number of rotatable bonds is 8. The van der Waals surface area contributed by atoms with Crippen LogP contribution in [-0.2, 0) is 10.0 Å². The minimum Gasteiger partial charge on any atom is -0.494 e. The number of hydrogen-bond donors (Lipinski definition) is 1. The van der Waals surface area contributed by atoms with E-state index in [1.165, 1.54) is 22.5 Å². The quantitative estimate of drug-likeness (QED) is 0.261. The molecule has 5 rings (SSSR count). The molecule has 1 saturated carbocycles. The summed E-state index contributed by atoms with van der Waals surface area (Å²) < 4.78 is 50.1. The van der Waals surface area contributed by atoms with Crippen molar-refractivity contribution in [3.05, 3.63) is 71.0 Å². The van der Waals surface area contributed by atoms with E-state index in [0.717, 1.165) is 62.4 Å². The second-order valence-electron chi connectivity index (χ2n) is 11.1. The Hall–Kier alpha value is -3.14. The average molecular weight is 615 g/mol. The van der Waals surface area contributed by atoms with Gasteiger partial charge in [0.2, 0.25) is 10.0 Å². The van der Waals surface area contributed by atoms with E-state index in [0.29, 0.717) is 30.0 Å². The number of ether oxygens (including phenoxy) is 1. The molecule has 0 aromatic heterocycles. The van der Waals surface area contributed by atoms with E-state index in [1.54, 1.807) is 13.1 Å². The van der Waals surface area contributed by atoms with Gasteiger partial charge < -0.3 is 14.7 Å². The summed E-state index contributed by atoms with van der Waals surface area (Å²) in [5.74, 6) is -1.35. The fourth-order valence-corrected chi connectivity index (χ4v) is 7.91. The van der Waals surface area contributed by atoms with E-state index >= 15 is 0 Å². The van der Waals surface area contributed by atoms with E-state index in [4.69, 9.17) is 16.3 Å². The fraction of sp³-hybridized carbons (Fsp3) is 0.406. The monoisotopic (exact) mass is 614 g/mol. The number of aromatic carboxylic acids is 1. The number of carbonyl (C=O) groups is 1. The van der Waals surface area contributed by atoms with Gasteiger partial charge in [0, 0.05) is 30.9 Å². The Balaban J connectivity index is 1.64. The second-order valence-corrected chi connectivity index (χ2v) is 13.5. The lowest BCUT2D eigenvalue weighted by Crippen LogP contribution is -2.46. The summed E-state index contributed by atoms with van der Waals surface area (Å²) in [4.78, 5) is 13.7. The number of fused-ring (bicyclic) bond motifs is 1. The molecule has 1 N–H and O–H groups in total. The summed E-state index contributed by atoms with van der Waals surface area (Å²) >= 11 is 6.79. The lowest BCUT2D eigenvalue weighted by atomic mass is 9.83. The van der Waals surface area contributed by atoms with E-state index in [1.807, 2.05) is 29.2 Å². The van der Waals surface area contributed by atoms with E-state index < -0.39 is 27.4 Å². The Morgan fingerprint density at radius 2 is 1.79 bits per heavy atom. The Labute approximate surface area is 251 Å². The van der Waals surface area contributed by atoms with Gasteiger partial charge in [0.25, 0.3) is 0 Å². The maximum atomic E-state index is 14.3. The molecule has 42 heavy (non-hydrogen) atoms. The van der Waals surface area contributed by atoms with Crippen LogP contribution in [0.4, 0.5) is 15.8 Å². The highest BCUT2D eigenvalue weighted by atomic mass is 35.5. The fourth-order valence-electron chi connectivity index (χ4n) is 6.04. The molecule has 0 spiro atoms. The largest absolute Gasteiger partial charge is 0.494 e. The predicted molar refractivity (Wildman–Crippen MR) is 163 cm³/mol. The summed E-state index contributed by atoms with van der Waals surface area (Å²) in [5, 5.41) is 9.69. The molecule has 3 aromatic rings. The van der Waals surface area contributed by atoms with Crippen LogP contribution in [0.25, 0.3) is 11.1 Å². The molecule has 10 heteroatoms. The molecule has 224 valence electrons. The third-order valence-electron chi connectivity index (χ3n) is 8.45. The summed E-state index contributed by atoms with van der Waals surface area (Å²) in [6, 6.07) is 14.1. The Morgan fingerprint density at radius 3 is 2.45 bits per heavy atom. The average Bonchev–Trinajstić information content (AvgIpc) is 3.06. The molecule has 1 fully saturated rings. The highest BCUT2D eigenvalue weighted by Crippen LogP contribution is 2.45. The maximum Gasteiger partial charge on any atom is 0.338 e. The first-order chi connectivity index (χ1) is 20.1. The first-order valence-corrected chi connectivity index (χ1v) is 16.3. The van der Waals surface area contributed by atoms with Gasteiger partial charge in [-0.1, -0.05) is 50.3 Å². The standard InChI is InChI=1S/C32H36ClFN2O5S/c1-3-4-16-41-24-13-11-23(12-14-24)36-20-30(21-8-6-5-7-9-21)35(2)42(39,40)31-18-25(27(33)19-29(31)36)22-10-15-28(34)26(17-22)32(37)38/h10-15,17-19,21,30H,3-9,16,20H2,1-2H3,(H,37,38)/t30-/m0/s1. The highest BCUT2D eigenvalue weighted by molar-refractivity contribution is 7.89. The van der Waals surface area contributed by atoms with Gasteiger partial charge in [-0.25, -0.2) is 17.6 Å². The van der Waals surface area contributed by atoms with Gasteiger partial charge in [-0.05, 0) is 79.3 Å². The summed E-state index contributed by atoms with van der Waals surface area (Å²) in [7, 11) is -2.34. The van der Waals surface area contributed by atoms with Crippen LogP contribution in [0.5, 0.6) is 5.75 Å². The number of benzene rings is 3. The van der Waals surface area contributed by atoms with Crippen LogP contribution in [0.2, 0.25) is 5.02 Å². The third kappa shape index (κ3) is 6.00. The Morgan fingerprint density at radius 1 is 1.07 bits per heavy atom. The lowest BCUT2D eigenvalue weighted by Gasteiger charge is -2.36. The number of carboxylic acid groups (broad SMARTS) is 1. The van der Waals surface area contributed by atoms with Crippen LogP contribution < -0.4 is 9.64 Å². The number of anilines is 2. The zero-order chi connectivity index (χ0) is 30.0. The molecule has 1 aliphatic carbocycles. The van der Waals surface area contributed by atoms with Gasteiger partial charge in [-0.15, -0.1) is 0 Å². The van der Waals surface area contributed by atoms with Crippen molar-refractivity contribution >= 4 is 39.0 Å². The zero-order valence-electron chi connectivity index (χ0n) is 23.9. The number of likely N-dealkylation sites (N-methyl/N-ethyl adjacent to an activating group) is 1. The molecular weight excluding hydrogens is 579 g/mol. The maximum absolute atomic E-state index is 14.3. The minimum absolute atomic E-state index is 0.0622. The number of unbranched alkanes of at least 4 members (excludes halogenated alkanes) is 1. The summed E-state index contributed by atoms with van der Waals surface area (Å²) in [6.45, 7) is 3.17. The third-order valence-corrected chi connectivity index (χ3v) is 10.7. The van der Waals surface area contributed by atoms with Gasteiger partial charge >= 0.3 is 5.97 Å². The van der Waals surface area contributed by atoms with Crippen molar-refractivity contribution in [1.82, 2.24) is 4.31 Å². The van der Waals surface area contributed by atoms with Crippen LogP contribution >= 0.6 is 11.6 Å². The molecule has 1 aliphatic heterocycles. The molecule has 3 aromatic carbocycles. The van der Waals surface area contributed by atoms with Crippen LogP contribution in [0, 0.1) is 11.7 Å². The van der Waals surface area contributed by atoms with E-state index in [9.17, 15) is 22.7 Å². The van der Waals surface area contributed by atoms with Crippen LogP contribution in [0.3, 0.4) is 0 Å². The van der Waals surface area contributed by atoms with Crippen molar-refractivity contribution < 1.29 is 27.4 Å². The van der Waals surface area contributed by atoms with Crippen molar-refractivity contribution in [2.45, 2.75) is 62.8 Å². The first kappa shape index (κ1) is 30.3. The first-order valence-electron chi connectivity index (χ1n) is 14.5. The molecule has 0 saturated heterocycles. The summed E-state index contributed by atoms with van der Waals surface area (Å²) in [5.41, 5.74) is 1.36. The second kappa shape index (κ2) is 12.6. The van der Waals surface area contributed by atoms with Crippen molar-refractivity contribution in [1.29, 1.82) is 0 Å². The molecule has 0 bridgehead atoms. The molecule has 1 atom stereocenters. The SMILES string of the molecule is CCCCOc1ccc(N2C[C@@H](C3CCCCC3)N(C)S(=O)(=O)c3cc(-c4ccc(F)c(C(=O)O)c4)c(Cl)cc32)cc1. The molecular formula is C32H36ClFN2O5S. The molecule has 7 nitrogen and oxygen atoms in total. The number of hydrogen-bond acceptors (Lipinski definition) is 5. The number of carboxylic acids is 1. The van der Waals surface area contributed by atoms with Crippen LogP contribution in [-0.4, -0.2) is 50.0 Å². The van der Waals surface area contributed by atoms with Gasteiger partial charge in [-0.3, -0.25) is 0 Å². The van der Waals surface area contributed by atoms with Crippen molar-refractivity contribution in [3.8, 4) is 16.9 Å². The van der Waals surface area contributed by atoms with Crippen molar-refractivity contribution in [3.63, 3.8) is 0 Å². The van der Waals surface area contributed by atoms with Crippen molar-refractivity contribution in [2.75, 3.05) is 25.1 Å². The van der Waals surface area contributed by atoms with E-state index in [2.05, 4.69) is 6.92 Å². The van der Waals surface area contributed by atoms with Crippen molar-refractivity contribution in [2.24, 2.45) is 5.92 Å². The lowest BCUT2D eigenvalue weighted by molar-refractivity contribution is 0.0692. The number of nitrogens with zero attached hydrogens (tertiary/aromatic N) is 2. The number of halogens is 2. The van der Waals surface area contributed by atoms with Crippen LogP contribution in [0.1, 0.15) is 62.2 Å². The van der Waals surface area contributed by atoms with E-state index in [-0.39, 0.29) is 21.9 Å². The number of sulfonamides is 1. The molecule has 0 unspecified atom stereocenters. The molecule has 0 amide bonds. The van der Waals surface area contributed by atoms with Gasteiger partial charge in [0.15, 0.2) is 0 Å². The molecule has 0 radical (unpaired) electrons. The predicted octanol–water partition coefficient (Wildman–Crippen LogP) is 7.74.